The Kier molecular flexibility index (Phi) is 7.05. The molecule has 2 aromatic carbocycles. The van der Waals surface area contributed by atoms with E-state index >= 15 is 0 Å². The zero-order valence-electron chi connectivity index (χ0n) is 23.1. The summed E-state index contributed by atoms with van der Waals surface area (Å²) in [4.78, 5) is 33.4. The molecule has 2 aromatic rings. The Morgan fingerprint density at radius 2 is 1.90 bits per heavy atom. The molecule has 0 saturated carbocycles. The summed E-state index contributed by atoms with van der Waals surface area (Å²) in [5, 5.41) is 14.1. The number of aliphatic hydroxyl groups excluding tert-OH is 1. The molecule has 0 unspecified atom stereocenters. The first-order chi connectivity index (χ1) is 18.6. The molecule has 0 saturated heterocycles. The van der Waals surface area contributed by atoms with Crippen molar-refractivity contribution in [3.63, 3.8) is 0 Å². The summed E-state index contributed by atoms with van der Waals surface area (Å²) in [6.45, 7) is 8.15. The fourth-order valence-corrected chi connectivity index (χ4v) is 5.91. The van der Waals surface area contributed by atoms with Crippen molar-refractivity contribution in [2.75, 3.05) is 6.61 Å². The van der Waals surface area contributed by atoms with Gasteiger partial charge in [0.05, 0.1) is 30.7 Å². The highest BCUT2D eigenvalue weighted by molar-refractivity contribution is 6.00. The minimum atomic E-state index is -0.965. The van der Waals surface area contributed by atoms with Crippen molar-refractivity contribution in [1.82, 2.24) is 10.2 Å². The lowest BCUT2D eigenvalue weighted by Crippen LogP contribution is -2.53. The summed E-state index contributed by atoms with van der Waals surface area (Å²) in [6, 6.07) is 11.6. The minimum absolute atomic E-state index is 0.0666. The van der Waals surface area contributed by atoms with Crippen LogP contribution in [0.2, 0.25) is 0 Å². The van der Waals surface area contributed by atoms with Gasteiger partial charge in [0.25, 0.3) is 5.91 Å². The molecule has 0 fully saturated rings. The third-order valence-corrected chi connectivity index (χ3v) is 8.43. The van der Waals surface area contributed by atoms with E-state index in [0.717, 1.165) is 24.8 Å². The summed E-state index contributed by atoms with van der Waals surface area (Å²) in [6.07, 6.45) is 2.15. The Labute approximate surface area is 229 Å². The van der Waals surface area contributed by atoms with Crippen LogP contribution in [0, 0.1) is 0 Å². The number of aliphatic imine (C=N–C) groups is 1. The van der Waals surface area contributed by atoms with Gasteiger partial charge in [-0.25, -0.2) is 4.99 Å². The van der Waals surface area contributed by atoms with Gasteiger partial charge in [0, 0.05) is 16.7 Å². The Morgan fingerprint density at radius 3 is 2.62 bits per heavy atom. The average molecular weight is 535 g/mol. The van der Waals surface area contributed by atoms with E-state index in [0.29, 0.717) is 42.1 Å². The van der Waals surface area contributed by atoms with E-state index in [4.69, 9.17) is 20.2 Å². The first kappa shape index (κ1) is 27.0. The van der Waals surface area contributed by atoms with Crippen LogP contribution in [0.15, 0.2) is 47.5 Å². The highest BCUT2D eigenvalue weighted by atomic mass is 16.5. The van der Waals surface area contributed by atoms with E-state index < -0.39 is 29.3 Å². The van der Waals surface area contributed by atoms with Gasteiger partial charge in [0.1, 0.15) is 23.2 Å². The summed E-state index contributed by atoms with van der Waals surface area (Å²) in [5.74, 6) is 1.05. The summed E-state index contributed by atoms with van der Waals surface area (Å²) >= 11 is 0. The summed E-state index contributed by atoms with van der Waals surface area (Å²) < 4.78 is 12.0. The third kappa shape index (κ3) is 4.84. The second kappa shape index (κ2) is 10.2. The van der Waals surface area contributed by atoms with Crippen LogP contribution in [-0.4, -0.2) is 51.6 Å². The lowest BCUT2D eigenvalue weighted by Gasteiger charge is -2.42. The molecule has 0 aromatic heterocycles. The maximum atomic E-state index is 13.6. The number of hydrogen-bond acceptors (Lipinski definition) is 7. The van der Waals surface area contributed by atoms with Gasteiger partial charge >= 0.3 is 0 Å². The Bertz CT molecular complexity index is 1300. The first-order valence-corrected chi connectivity index (χ1v) is 13.8. The molecule has 4 N–H and O–H groups in total. The van der Waals surface area contributed by atoms with Gasteiger partial charge in [-0.2, -0.15) is 0 Å². The van der Waals surface area contributed by atoms with Gasteiger partial charge in [-0.05, 0) is 63.8 Å². The van der Waals surface area contributed by atoms with E-state index in [2.05, 4.69) is 5.32 Å². The SMILES string of the molecule is CCC1(CC)CC(=O)N([C@@H]2CCCOc3ccc(C(=O)N[C@@H]4c5ccccc5OC(C)(C)[C@H]4O)cc32)C(N)=N1. The fourth-order valence-electron chi connectivity index (χ4n) is 5.91. The molecule has 5 rings (SSSR count). The first-order valence-electron chi connectivity index (χ1n) is 13.8. The number of amides is 2. The molecule has 39 heavy (non-hydrogen) atoms. The Morgan fingerprint density at radius 1 is 1.15 bits per heavy atom. The van der Waals surface area contributed by atoms with Crippen molar-refractivity contribution in [2.24, 2.45) is 10.7 Å². The maximum Gasteiger partial charge on any atom is 0.251 e. The van der Waals surface area contributed by atoms with Crippen LogP contribution in [0.4, 0.5) is 0 Å². The topological polar surface area (TPSA) is 126 Å². The molecule has 9 heteroatoms. The number of aliphatic hydroxyl groups is 1. The molecule has 0 spiro atoms. The molecule has 3 atom stereocenters. The number of para-hydroxylation sites is 1. The number of rotatable bonds is 5. The van der Waals surface area contributed by atoms with Crippen LogP contribution < -0.4 is 20.5 Å². The van der Waals surface area contributed by atoms with Crippen LogP contribution >= 0.6 is 0 Å². The monoisotopic (exact) mass is 534 g/mol. The van der Waals surface area contributed by atoms with E-state index in [9.17, 15) is 14.7 Å². The number of nitrogens with two attached hydrogens (primary N) is 1. The molecule has 208 valence electrons. The van der Waals surface area contributed by atoms with Crippen molar-refractivity contribution in [2.45, 2.75) is 89.1 Å². The second-order valence-corrected chi connectivity index (χ2v) is 11.2. The molecule has 3 heterocycles. The van der Waals surface area contributed by atoms with Gasteiger partial charge in [-0.1, -0.05) is 32.0 Å². The van der Waals surface area contributed by atoms with Crippen LogP contribution in [0.3, 0.4) is 0 Å². The van der Waals surface area contributed by atoms with Crippen LogP contribution in [-0.2, 0) is 4.79 Å². The van der Waals surface area contributed by atoms with E-state index in [-0.39, 0.29) is 17.8 Å². The molecule has 9 nitrogen and oxygen atoms in total. The quantitative estimate of drug-likeness (QED) is 0.532. The lowest BCUT2D eigenvalue weighted by atomic mass is 9.86. The van der Waals surface area contributed by atoms with Gasteiger partial charge in [-0.3, -0.25) is 14.5 Å². The highest BCUT2D eigenvalue weighted by Gasteiger charge is 2.44. The predicted octanol–water partition coefficient (Wildman–Crippen LogP) is 4.01. The van der Waals surface area contributed by atoms with Gasteiger partial charge < -0.3 is 25.6 Å². The number of nitrogens with one attached hydrogen (secondary N) is 1. The average Bonchev–Trinajstić information content (AvgIpc) is 3.12. The Hall–Kier alpha value is -3.59. The third-order valence-electron chi connectivity index (χ3n) is 8.43. The number of guanidine groups is 1. The number of carbonyl (C=O) groups is 2. The Balaban J connectivity index is 1.47. The van der Waals surface area contributed by atoms with E-state index in [1.54, 1.807) is 36.9 Å². The molecule has 0 radical (unpaired) electrons. The molecular formula is C30H38N4O5. The minimum Gasteiger partial charge on any atom is -0.493 e. The summed E-state index contributed by atoms with van der Waals surface area (Å²) in [7, 11) is 0. The van der Waals surface area contributed by atoms with Crippen molar-refractivity contribution in [1.29, 1.82) is 0 Å². The van der Waals surface area contributed by atoms with E-state index in [1.165, 1.54) is 0 Å². The number of fused-ring (bicyclic) bond motifs is 2. The molecule has 3 aliphatic rings. The zero-order valence-corrected chi connectivity index (χ0v) is 23.1. The van der Waals surface area contributed by atoms with Gasteiger partial charge in [0.15, 0.2) is 5.96 Å². The molecule has 2 amide bonds. The smallest absolute Gasteiger partial charge is 0.251 e. The molecule has 0 bridgehead atoms. The standard InChI is InChI=1S/C30H38N4O5/c1-5-30(6-2)17-24(35)34(28(31)33-30)21-11-9-15-38-22-14-13-18(16-20(21)22)27(37)32-25-19-10-7-8-12-23(19)39-29(3,4)26(25)36/h7-8,10,12-14,16,21,25-26,36H,5-6,9,11,15,17H2,1-4H3,(H2,31,33)(H,32,37)/t21-,25-,26+/m1/s1. The fraction of sp³-hybridized carbons (Fsp3) is 0.500. The molecular weight excluding hydrogens is 496 g/mol. The van der Waals surface area contributed by atoms with Crippen molar-refractivity contribution in [3.05, 3.63) is 59.2 Å². The van der Waals surface area contributed by atoms with Gasteiger partial charge in [0.2, 0.25) is 5.91 Å². The molecule has 0 aliphatic carbocycles. The van der Waals surface area contributed by atoms with Crippen molar-refractivity contribution >= 4 is 17.8 Å². The summed E-state index contributed by atoms with van der Waals surface area (Å²) in [5.41, 5.74) is 6.91. The predicted molar refractivity (Wildman–Crippen MR) is 148 cm³/mol. The second-order valence-electron chi connectivity index (χ2n) is 11.2. The van der Waals surface area contributed by atoms with Crippen LogP contribution in [0.1, 0.15) is 93.4 Å². The number of benzene rings is 2. The largest absolute Gasteiger partial charge is 0.493 e. The number of hydrogen-bond donors (Lipinski definition) is 3. The molecule has 3 aliphatic heterocycles. The van der Waals surface area contributed by atoms with Crippen LogP contribution in [0.5, 0.6) is 11.5 Å². The number of carbonyl (C=O) groups excluding carboxylic acids is 2. The van der Waals surface area contributed by atoms with E-state index in [1.807, 2.05) is 38.1 Å². The number of nitrogens with zero attached hydrogens (tertiary/aromatic N) is 2. The van der Waals surface area contributed by atoms with Gasteiger partial charge in [-0.15, -0.1) is 0 Å². The normalized spacial score (nSPS) is 25.3. The number of ether oxygens (including phenoxy) is 2. The van der Waals surface area contributed by atoms with Crippen molar-refractivity contribution < 1.29 is 24.2 Å². The zero-order chi connectivity index (χ0) is 27.9. The van der Waals surface area contributed by atoms with Crippen LogP contribution in [0.25, 0.3) is 0 Å². The lowest BCUT2D eigenvalue weighted by molar-refractivity contribution is -0.131. The van der Waals surface area contributed by atoms with Crippen molar-refractivity contribution in [3.8, 4) is 11.5 Å². The highest BCUT2D eigenvalue weighted by Crippen LogP contribution is 2.41. The maximum absolute atomic E-state index is 13.6.